The summed E-state index contributed by atoms with van der Waals surface area (Å²) < 4.78 is 5.31. The predicted molar refractivity (Wildman–Crippen MR) is 102 cm³/mol. The summed E-state index contributed by atoms with van der Waals surface area (Å²) in [5, 5.41) is 17.0. The van der Waals surface area contributed by atoms with Gasteiger partial charge in [-0.3, -0.25) is 9.80 Å². The number of piperazine rings is 1. The molecule has 1 saturated heterocycles. The summed E-state index contributed by atoms with van der Waals surface area (Å²) in [6.45, 7) is 7.23. The van der Waals surface area contributed by atoms with Crippen LogP contribution >= 0.6 is 11.6 Å². The predicted octanol–water partition coefficient (Wildman–Crippen LogP) is 3.81. The van der Waals surface area contributed by atoms with Gasteiger partial charge in [-0.1, -0.05) is 41.0 Å². The maximum Gasteiger partial charge on any atom is 0.150 e. The molecule has 0 radical (unpaired) electrons. The van der Waals surface area contributed by atoms with Crippen molar-refractivity contribution in [2.75, 3.05) is 26.2 Å². The van der Waals surface area contributed by atoms with Crippen LogP contribution in [0.2, 0.25) is 5.02 Å². The van der Waals surface area contributed by atoms with E-state index < -0.39 is 0 Å². The van der Waals surface area contributed by atoms with Gasteiger partial charge in [-0.05, 0) is 13.0 Å². The SMILES string of the molecule is Cc1cc(CN2CCN(Cc3cc(Cl)c4ccccc4c3O)CC2)on1. The number of benzene rings is 2. The molecule has 136 valence electrons. The van der Waals surface area contributed by atoms with E-state index in [1.807, 2.05) is 43.3 Å². The van der Waals surface area contributed by atoms with Gasteiger partial charge in [0.25, 0.3) is 0 Å². The molecule has 0 unspecified atom stereocenters. The van der Waals surface area contributed by atoms with Crippen molar-refractivity contribution in [3.8, 4) is 5.75 Å². The fourth-order valence-electron chi connectivity index (χ4n) is 3.55. The van der Waals surface area contributed by atoms with Crippen LogP contribution < -0.4 is 0 Å². The lowest BCUT2D eigenvalue weighted by Gasteiger charge is -2.34. The first-order valence-corrected chi connectivity index (χ1v) is 9.24. The maximum atomic E-state index is 10.6. The van der Waals surface area contributed by atoms with E-state index in [1.165, 1.54) is 0 Å². The third-order valence-electron chi connectivity index (χ3n) is 4.96. The van der Waals surface area contributed by atoms with Crippen molar-refractivity contribution in [1.82, 2.24) is 15.0 Å². The molecule has 1 N–H and O–H groups in total. The number of fused-ring (bicyclic) bond motifs is 1. The largest absolute Gasteiger partial charge is 0.507 e. The Bertz CT molecular complexity index is 917. The molecule has 0 aliphatic carbocycles. The Balaban J connectivity index is 1.41. The second-order valence-electron chi connectivity index (χ2n) is 6.90. The summed E-state index contributed by atoms with van der Waals surface area (Å²) in [5.41, 5.74) is 1.80. The third kappa shape index (κ3) is 3.56. The fraction of sp³-hybridized carbons (Fsp3) is 0.350. The normalized spacial score (nSPS) is 16.4. The van der Waals surface area contributed by atoms with Crippen molar-refractivity contribution >= 4 is 22.4 Å². The highest BCUT2D eigenvalue weighted by atomic mass is 35.5. The number of aryl methyl sites for hydroxylation is 1. The highest BCUT2D eigenvalue weighted by molar-refractivity contribution is 6.35. The van der Waals surface area contributed by atoms with Gasteiger partial charge in [-0.25, -0.2) is 0 Å². The first-order chi connectivity index (χ1) is 12.6. The van der Waals surface area contributed by atoms with Crippen molar-refractivity contribution in [3.05, 3.63) is 58.4 Å². The van der Waals surface area contributed by atoms with E-state index >= 15 is 0 Å². The van der Waals surface area contributed by atoms with E-state index in [0.717, 1.165) is 60.5 Å². The average Bonchev–Trinajstić information content (AvgIpc) is 3.06. The minimum Gasteiger partial charge on any atom is -0.507 e. The van der Waals surface area contributed by atoms with E-state index in [2.05, 4.69) is 15.0 Å². The van der Waals surface area contributed by atoms with Gasteiger partial charge in [0.2, 0.25) is 0 Å². The van der Waals surface area contributed by atoms with Gasteiger partial charge in [0.15, 0.2) is 5.76 Å². The molecule has 0 saturated carbocycles. The van der Waals surface area contributed by atoms with E-state index in [1.54, 1.807) is 0 Å². The Labute approximate surface area is 157 Å². The van der Waals surface area contributed by atoms with Gasteiger partial charge >= 0.3 is 0 Å². The summed E-state index contributed by atoms with van der Waals surface area (Å²) in [4.78, 5) is 4.71. The Morgan fingerprint density at radius 3 is 2.35 bits per heavy atom. The van der Waals surface area contributed by atoms with Crippen molar-refractivity contribution < 1.29 is 9.63 Å². The fourth-order valence-corrected chi connectivity index (χ4v) is 3.84. The molecule has 6 heteroatoms. The maximum absolute atomic E-state index is 10.6. The highest BCUT2D eigenvalue weighted by Crippen LogP contribution is 2.35. The van der Waals surface area contributed by atoms with E-state index in [-0.39, 0.29) is 0 Å². The number of nitrogens with zero attached hydrogens (tertiary/aromatic N) is 3. The molecule has 4 rings (SSSR count). The molecule has 1 aliphatic rings. The molecule has 2 aromatic carbocycles. The number of hydrogen-bond donors (Lipinski definition) is 1. The van der Waals surface area contributed by atoms with Crippen LogP contribution in [0.15, 0.2) is 40.9 Å². The average molecular weight is 372 g/mol. The first kappa shape index (κ1) is 17.3. The summed E-state index contributed by atoms with van der Waals surface area (Å²) in [5.74, 6) is 1.25. The van der Waals surface area contributed by atoms with Crippen molar-refractivity contribution in [2.24, 2.45) is 0 Å². The molecule has 0 spiro atoms. The number of rotatable bonds is 4. The van der Waals surface area contributed by atoms with Gasteiger partial charge in [0, 0.05) is 60.1 Å². The van der Waals surface area contributed by atoms with E-state index in [9.17, 15) is 5.11 Å². The Morgan fingerprint density at radius 1 is 1.04 bits per heavy atom. The Kier molecular flexibility index (Phi) is 4.85. The molecule has 26 heavy (non-hydrogen) atoms. The first-order valence-electron chi connectivity index (χ1n) is 8.86. The Hall–Kier alpha value is -2.08. The zero-order valence-corrected chi connectivity index (χ0v) is 15.5. The van der Waals surface area contributed by atoms with Gasteiger partial charge in [-0.2, -0.15) is 0 Å². The molecule has 5 nitrogen and oxygen atoms in total. The molecule has 0 amide bonds. The number of aromatic hydroxyl groups is 1. The summed E-state index contributed by atoms with van der Waals surface area (Å²) in [6.07, 6.45) is 0. The van der Waals surface area contributed by atoms with E-state index in [4.69, 9.17) is 16.1 Å². The molecule has 1 aliphatic heterocycles. The van der Waals surface area contributed by atoms with Crippen molar-refractivity contribution in [3.63, 3.8) is 0 Å². The molecule has 1 fully saturated rings. The van der Waals surface area contributed by atoms with Gasteiger partial charge < -0.3 is 9.63 Å². The lowest BCUT2D eigenvalue weighted by atomic mass is 10.0. The minimum atomic E-state index is 0.338. The third-order valence-corrected chi connectivity index (χ3v) is 5.27. The van der Waals surface area contributed by atoms with Gasteiger partial charge in [-0.15, -0.1) is 0 Å². The van der Waals surface area contributed by atoms with Crippen LogP contribution in [0.1, 0.15) is 17.0 Å². The van der Waals surface area contributed by atoms with Crippen LogP contribution in [-0.4, -0.2) is 46.2 Å². The quantitative estimate of drug-likeness (QED) is 0.755. The lowest BCUT2D eigenvalue weighted by molar-refractivity contribution is 0.113. The second-order valence-corrected chi connectivity index (χ2v) is 7.31. The minimum absolute atomic E-state index is 0.338. The number of hydrogen-bond acceptors (Lipinski definition) is 5. The number of halogens is 1. The summed E-state index contributed by atoms with van der Waals surface area (Å²) in [7, 11) is 0. The molecular weight excluding hydrogens is 350 g/mol. The van der Waals surface area contributed by atoms with E-state index in [0.29, 0.717) is 17.3 Å². The van der Waals surface area contributed by atoms with Gasteiger partial charge in [0.05, 0.1) is 12.2 Å². The second kappa shape index (κ2) is 7.27. The molecule has 2 heterocycles. The van der Waals surface area contributed by atoms with Gasteiger partial charge in [0.1, 0.15) is 5.75 Å². The molecule has 1 aromatic heterocycles. The monoisotopic (exact) mass is 371 g/mol. The Morgan fingerprint density at radius 2 is 1.69 bits per heavy atom. The van der Waals surface area contributed by atoms with Crippen molar-refractivity contribution in [2.45, 2.75) is 20.0 Å². The van der Waals surface area contributed by atoms with Crippen LogP contribution in [0.5, 0.6) is 5.75 Å². The molecule has 3 aromatic rings. The number of phenolic OH excluding ortho intramolecular Hbond substituents is 1. The highest BCUT2D eigenvalue weighted by Gasteiger charge is 2.20. The standard InChI is InChI=1S/C20H22ClN3O2/c1-14-10-16(26-22-14)13-24-8-6-23(7-9-24)12-15-11-19(21)17-4-2-3-5-18(17)20(15)25/h2-5,10-11,25H,6-9,12-13H2,1H3. The zero-order valence-electron chi connectivity index (χ0n) is 14.8. The molecular formula is C20H22ClN3O2. The van der Waals surface area contributed by atoms with Crippen molar-refractivity contribution in [1.29, 1.82) is 0 Å². The van der Waals surface area contributed by atoms with Crippen LogP contribution in [0.25, 0.3) is 10.8 Å². The van der Waals surface area contributed by atoms with Crippen LogP contribution in [0.4, 0.5) is 0 Å². The summed E-state index contributed by atoms with van der Waals surface area (Å²) >= 11 is 6.41. The van der Waals surface area contributed by atoms with Crippen LogP contribution in [-0.2, 0) is 13.1 Å². The lowest BCUT2D eigenvalue weighted by Crippen LogP contribution is -2.45. The molecule has 0 atom stereocenters. The topological polar surface area (TPSA) is 52.7 Å². The smallest absolute Gasteiger partial charge is 0.150 e. The van der Waals surface area contributed by atoms with Crippen LogP contribution in [0, 0.1) is 6.92 Å². The zero-order chi connectivity index (χ0) is 18.1. The number of phenols is 1. The van der Waals surface area contributed by atoms with Crippen LogP contribution in [0.3, 0.4) is 0 Å². The summed E-state index contributed by atoms with van der Waals surface area (Å²) in [6, 6.07) is 11.6. The number of aromatic nitrogens is 1. The molecule has 0 bridgehead atoms.